The molecule has 7 heteroatoms. The first-order valence-corrected chi connectivity index (χ1v) is 4.65. The molecule has 0 atom stereocenters. The van der Waals surface area contributed by atoms with Gasteiger partial charge in [-0.2, -0.15) is 0 Å². The highest BCUT2D eigenvalue weighted by Crippen LogP contribution is 2.22. The van der Waals surface area contributed by atoms with E-state index in [4.69, 9.17) is 17.0 Å². The number of hydrogen-bond donors (Lipinski definition) is 1. The van der Waals surface area contributed by atoms with Crippen molar-refractivity contribution in [2.45, 2.75) is 0 Å². The predicted molar refractivity (Wildman–Crippen MR) is 56.1 cm³/mol. The summed E-state index contributed by atoms with van der Waals surface area (Å²) in [5.74, 6) is 0.343. The van der Waals surface area contributed by atoms with Crippen molar-refractivity contribution >= 4 is 22.9 Å². The molecule has 0 spiro atoms. The van der Waals surface area contributed by atoms with E-state index in [1.165, 1.54) is 6.07 Å². The summed E-state index contributed by atoms with van der Waals surface area (Å²) in [6, 6.07) is 1.36. The molecular formula is C8H7N3O3S. The number of nitrogens with zero attached hydrogens (tertiary/aromatic N) is 2. The number of ether oxygens (including phenoxy) is 1. The van der Waals surface area contributed by atoms with E-state index in [1.54, 1.807) is 0 Å². The minimum absolute atomic E-state index is 0.0941. The van der Waals surface area contributed by atoms with Crippen LogP contribution in [0.15, 0.2) is 12.3 Å². The van der Waals surface area contributed by atoms with Crippen LogP contribution < -0.4 is 10.1 Å². The van der Waals surface area contributed by atoms with E-state index in [2.05, 4.69) is 10.3 Å². The van der Waals surface area contributed by atoms with Gasteiger partial charge in [0.15, 0.2) is 0 Å². The van der Waals surface area contributed by atoms with Crippen molar-refractivity contribution in [2.24, 2.45) is 0 Å². The summed E-state index contributed by atoms with van der Waals surface area (Å²) < 4.78 is 5.27. The second-order valence-electron chi connectivity index (χ2n) is 2.91. The predicted octanol–water partition coefficient (Wildman–Crippen LogP) is 0.647. The zero-order valence-electron chi connectivity index (χ0n) is 7.60. The van der Waals surface area contributed by atoms with Gasteiger partial charge in [-0.05, 0) is 0 Å². The molecule has 0 saturated heterocycles. The molecule has 15 heavy (non-hydrogen) atoms. The van der Waals surface area contributed by atoms with Gasteiger partial charge in [-0.15, -0.1) is 0 Å². The number of aromatic nitrogens is 1. The van der Waals surface area contributed by atoms with E-state index in [9.17, 15) is 10.1 Å². The van der Waals surface area contributed by atoms with Gasteiger partial charge < -0.3 is 10.1 Å². The zero-order chi connectivity index (χ0) is 10.8. The Kier molecular flexibility index (Phi) is 2.46. The zero-order valence-corrected chi connectivity index (χ0v) is 8.41. The van der Waals surface area contributed by atoms with E-state index in [-0.39, 0.29) is 5.69 Å². The molecule has 1 aliphatic rings. The van der Waals surface area contributed by atoms with Crippen molar-refractivity contribution in [1.82, 2.24) is 10.3 Å². The molecule has 2 heterocycles. The van der Waals surface area contributed by atoms with E-state index >= 15 is 0 Å². The maximum atomic E-state index is 10.5. The first-order valence-electron chi connectivity index (χ1n) is 4.24. The molecule has 0 bridgehead atoms. The van der Waals surface area contributed by atoms with Crippen LogP contribution in [0.25, 0.3) is 0 Å². The average Bonchev–Trinajstić information content (AvgIpc) is 2.40. The number of rotatable bonds is 1. The van der Waals surface area contributed by atoms with Crippen LogP contribution in [0.5, 0.6) is 5.88 Å². The van der Waals surface area contributed by atoms with Crippen LogP contribution in [-0.2, 0) is 0 Å². The van der Waals surface area contributed by atoms with E-state index < -0.39 is 4.92 Å². The number of fused-ring (bicyclic) bond motifs is 1. The Bertz CT molecular complexity index is 435. The van der Waals surface area contributed by atoms with Crippen LogP contribution in [0.3, 0.4) is 0 Å². The van der Waals surface area contributed by atoms with Crippen LogP contribution in [0, 0.1) is 10.1 Å². The molecule has 0 radical (unpaired) electrons. The normalized spacial score (nSPS) is 14.5. The molecule has 1 N–H and O–H groups in total. The quantitative estimate of drug-likeness (QED) is 0.429. The van der Waals surface area contributed by atoms with Gasteiger partial charge in [0, 0.05) is 12.6 Å². The summed E-state index contributed by atoms with van der Waals surface area (Å²) in [6.45, 7) is 1.01. The Morgan fingerprint density at radius 1 is 1.67 bits per heavy atom. The summed E-state index contributed by atoms with van der Waals surface area (Å²) in [5.41, 5.74) is 0.375. The molecule has 6 nitrogen and oxygen atoms in total. The first kappa shape index (κ1) is 9.78. The number of pyridine rings is 1. The van der Waals surface area contributed by atoms with Gasteiger partial charge in [0.25, 0.3) is 5.69 Å². The maximum Gasteiger partial charge on any atom is 0.288 e. The lowest BCUT2D eigenvalue weighted by molar-refractivity contribution is -0.385. The van der Waals surface area contributed by atoms with Crippen molar-refractivity contribution in [3.05, 3.63) is 27.9 Å². The van der Waals surface area contributed by atoms with Gasteiger partial charge in [-0.25, -0.2) is 4.98 Å². The monoisotopic (exact) mass is 225 g/mol. The van der Waals surface area contributed by atoms with Crippen molar-refractivity contribution in [3.63, 3.8) is 0 Å². The molecular weight excluding hydrogens is 218 g/mol. The molecule has 0 aliphatic carbocycles. The van der Waals surface area contributed by atoms with E-state index in [1.807, 2.05) is 0 Å². The number of nitrogens with one attached hydrogen (secondary N) is 1. The third-order valence-electron chi connectivity index (χ3n) is 1.92. The third kappa shape index (κ3) is 1.86. The van der Waals surface area contributed by atoms with Crippen molar-refractivity contribution in [1.29, 1.82) is 0 Å². The molecule has 1 aromatic heterocycles. The fraction of sp³-hybridized carbons (Fsp3) is 0.250. The molecule has 0 amide bonds. The summed E-state index contributed by atoms with van der Waals surface area (Å²) in [7, 11) is 0. The van der Waals surface area contributed by atoms with Crippen LogP contribution in [0.1, 0.15) is 5.56 Å². The van der Waals surface area contributed by atoms with Gasteiger partial charge >= 0.3 is 0 Å². The Balaban J connectivity index is 2.48. The van der Waals surface area contributed by atoms with Crippen LogP contribution in [0.2, 0.25) is 0 Å². The van der Waals surface area contributed by atoms with Crippen LogP contribution in [-0.4, -0.2) is 28.0 Å². The third-order valence-corrected chi connectivity index (χ3v) is 2.28. The first-order chi connectivity index (χ1) is 7.18. The van der Waals surface area contributed by atoms with Gasteiger partial charge in [0.1, 0.15) is 17.8 Å². The van der Waals surface area contributed by atoms with Crippen molar-refractivity contribution in [2.75, 3.05) is 13.2 Å². The topological polar surface area (TPSA) is 77.3 Å². The molecule has 2 rings (SSSR count). The molecule has 1 aliphatic heterocycles. The largest absolute Gasteiger partial charge is 0.475 e. The highest BCUT2D eigenvalue weighted by molar-refractivity contribution is 7.80. The average molecular weight is 225 g/mol. The van der Waals surface area contributed by atoms with Gasteiger partial charge in [-0.3, -0.25) is 10.1 Å². The van der Waals surface area contributed by atoms with E-state index in [0.717, 1.165) is 6.20 Å². The molecule has 0 saturated carbocycles. The standard InChI is InChI=1S/C8H7N3O3S/c12-11(13)5-3-6-7(10-4-5)14-2-1-9-8(6)15/h3-4H,1-2H2,(H,9,15). The van der Waals surface area contributed by atoms with Crippen LogP contribution in [0.4, 0.5) is 5.69 Å². The smallest absolute Gasteiger partial charge is 0.288 e. The van der Waals surface area contributed by atoms with Gasteiger partial charge in [0.2, 0.25) is 5.88 Å². The summed E-state index contributed by atoms with van der Waals surface area (Å²) in [5, 5.41) is 13.5. The number of hydrogen-bond acceptors (Lipinski definition) is 5. The Hall–Kier alpha value is -1.76. The minimum atomic E-state index is -0.513. The Morgan fingerprint density at radius 2 is 2.47 bits per heavy atom. The van der Waals surface area contributed by atoms with Crippen LogP contribution >= 0.6 is 12.2 Å². The van der Waals surface area contributed by atoms with E-state index in [0.29, 0.717) is 29.6 Å². The summed E-state index contributed by atoms with van der Waals surface area (Å²) in [6.07, 6.45) is 1.16. The Morgan fingerprint density at radius 3 is 3.20 bits per heavy atom. The number of thiocarbonyl (C=S) groups is 1. The molecule has 0 unspecified atom stereocenters. The molecule has 0 fully saturated rings. The molecule has 1 aromatic rings. The second-order valence-corrected chi connectivity index (χ2v) is 3.32. The lowest BCUT2D eigenvalue weighted by atomic mass is 10.2. The lowest BCUT2D eigenvalue weighted by Crippen LogP contribution is -2.23. The van der Waals surface area contributed by atoms with Crippen molar-refractivity contribution < 1.29 is 9.66 Å². The minimum Gasteiger partial charge on any atom is -0.475 e. The van der Waals surface area contributed by atoms with Gasteiger partial charge in [-0.1, -0.05) is 12.2 Å². The molecule has 78 valence electrons. The fourth-order valence-electron chi connectivity index (χ4n) is 1.23. The lowest BCUT2D eigenvalue weighted by Gasteiger charge is -2.04. The maximum absolute atomic E-state index is 10.5. The highest BCUT2D eigenvalue weighted by atomic mass is 32.1. The molecule has 0 aromatic carbocycles. The summed E-state index contributed by atoms with van der Waals surface area (Å²) in [4.78, 5) is 14.3. The highest BCUT2D eigenvalue weighted by Gasteiger charge is 2.18. The SMILES string of the molecule is O=[N+]([O-])c1cnc2c(c1)C(=S)NCCO2. The Labute approximate surface area is 90.4 Å². The second kappa shape index (κ2) is 3.77. The van der Waals surface area contributed by atoms with Gasteiger partial charge in [0.05, 0.1) is 10.5 Å². The fourth-order valence-corrected chi connectivity index (χ4v) is 1.47. The summed E-state index contributed by atoms with van der Waals surface area (Å²) >= 11 is 5.04. The van der Waals surface area contributed by atoms with Crippen molar-refractivity contribution in [3.8, 4) is 5.88 Å². The number of nitro groups is 1.